The highest BCUT2D eigenvalue weighted by atomic mass is 79.9. The zero-order chi connectivity index (χ0) is 26.9. The second-order valence-corrected chi connectivity index (χ2v) is 10.0. The molecule has 192 valence electrons. The maximum Gasteiger partial charge on any atom is 0.269 e. The number of hydrogen-bond donors (Lipinski definition) is 0. The minimum atomic E-state index is -0.383. The first-order valence-electron chi connectivity index (χ1n) is 12.3. The molecule has 39 heavy (non-hydrogen) atoms. The van der Waals surface area contributed by atoms with Crippen molar-refractivity contribution >= 4 is 44.2 Å². The summed E-state index contributed by atoms with van der Waals surface area (Å²) in [6.07, 6.45) is 0.524. The molecule has 5 aromatic rings. The number of hydrogen-bond acceptors (Lipinski definition) is 7. The van der Waals surface area contributed by atoms with Crippen LogP contribution in [-0.2, 0) is 0 Å². The van der Waals surface area contributed by atoms with Crippen LogP contribution in [0.2, 0.25) is 0 Å². The molecular weight excluding hydrogens is 558 g/mol. The average molecular weight is 580 g/mol. The zero-order valence-corrected chi connectivity index (χ0v) is 22.4. The topological polar surface area (TPSA) is 93.8 Å². The predicted octanol–water partition coefficient (Wildman–Crippen LogP) is 7.33. The summed E-state index contributed by atoms with van der Waals surface area (Å²) < 4.78 is 6.24. The molecule has 0 N–H and O–H groups in total. The van der Waals surface area contributed by atoms with E-state index in [-0.39, 0.29) is 16.7 Å². The average Bonchev–Trinajstić information content (AvgIpc) is 3.43. The summed E-state index contributed by atoms with van der Waals surface area (Å²) in [6, 6.07) is 29.9. The van der Waals surface area contributed by atoms with Crippen molar-refractivity contribution in [2.24, 2.45) is 5.10 Å². The van der Waals surface area contributed by atoms with Gasteiger partial charge in [0, 0.05) is 34.0 Å². The summed E-state index contributed by atoms with van der Waals surface area (Å²) in [5, 5.41) is 19.2. The fraction of sp³-hybridized carbons (Fsp3) is 0.100. The molecule has 0 amide bonds. The van der Waals surface area contributed by atoms with Crippen molar-refractivity contribution in [1.82, 2.24) is 9.97 Å². The summed E-state index contributed by atoms with van der Waals surface area (Å²) in [4.78, 5) is 21.1. The van der Waals surface area contributed by atoms with Crippen LogP contribution in [0.25, 0.3) is 22.2 Å². The van der Waals surface area contributed by atoms with Gasteiger partial charge in [0.25, 0.3) is 5.69 Å². The normalized spacial score (nSPS) is 14.9. The third-order valence-electron chi connectivity index (χ3n) is 6.70. The maximum absolute atomic E-state index is 11.6. The smallest absolute Gasteiger partial charge is 0.269 e. The Morgan fingerprint density at radius 1 is 0.923 bits per heavy atom. The molecule has 0 radical (unpaired) electrons. The highest BCUT2D eigenvalue weighted by Gasteiger charge is 2.33. The minimum Gasteiger partial charge on any atom is -0.497 e. The van der Waals surface area contributed by atoms with E-state index in [1.807, 2.05) is 78.9 Å². The molecule has 1 atom stereocenters. The van der Waals surface area contributed by atoms with Crippen molar-refractivity contribution in [3.05, 3.63) is 123 Å². The Morgan fingerprint density at radius 3 is 2.46 bits per heavy atom. The van der Waals surface area contributed by atoms with Gasteiger partial charge in [-0.05, 0) is 53.6 Å². The predicted molar refractivity (Wildman–Crippen MR) is 155 cm³/mol. The van der Waals surface area contributed by atoms with Gasteiger partial charge in [0.05, 0.1) is 35.0 Å². The molecule has 0 bridgehead atoms. The zero-order valence-electron chi connectivity index (χ0n) is 20.9. The summed E-state index contributed by atoms with van der Waals surface area (Å²) in [7, 11) is 1.63. The van der Waals surface area contributed by atoms with Crippen molar-refractivity contribution in [3.63, 3.8) is 0 Å². The first kappa shape index (κ1) is 24.7. The quantitative estimate of drug-likeness (QED) is 0.154. The first-order chi connectivity index (χ1) is 19.0. The fourth-order valence-electron chi connectivity index (χ4n) is 4.76. The lowest BCUT2D eigenvalue weighted by Gasteiger charge is -2.23. The number of nitro benzene ring substituents is 1. The number of fused-ring (bicyclic) bond motifs is 1. The number of benzene rings is 4. The van der Waals surface area contributed by atoms with Gasteiger partial charge in [0.1, 0.15) is 5.75 Å². The number of nitro groups is 1. The van der Waals surface area contributed by atoms with E-state index in [2.05, 4.69) is 15.9 Å². The van der Waals surface area contributed by atoms with Crippen molar-refractivity contribution in [3.8, 4) is 17.0 Å². The molecule has 0 saturated heterocycles. The van der Waals surface area contributed by atoms with Gasteiger partial charge >= 0.3 is 0 Å². The fourth-order valence-corrected chi connectivity index (χ4v) is 5.13. The highest BCUT2D eigenvalue weighted by molar-refractivity contribution is 9.10. The minimum absolute atomic E-state index is 0.0274. The SMILES string of the molecule is COc1ccc(C2=NN(c3nc(-c4ccccc4)c4cc(Br)ccc4n3)C(c3cccc([N+](=O)[O-])c3)C2)cc1. The van der Waals surface area contributed by atoms with Crippen LogP contribution in [0.4, 0.5) is 11.6 Å². The van der Waals surface area contributed by atoms with Gasteiger partial charge < -0.3 is 4.74 Å². The van der Waals surface area contributed by atoms with Crippen LogP contribution in [0, 0.1) is 10.1 Å². The van der Waals surface area contributed by atoms with E-state index in [4.69, 9.17) is 19.8 Å². The third kappa shape index (κ3) is 4.84. The van der Waals surface area contributed by atoms with Crippen molar-refractivity contribution in [1.29, 1.82) is 0 Å². The van der Waals surface area contributed by atoms with Crippen LogP contribution in [0.15, 0.2) is 107 Å². The van der Waals surface area contributed by atoms with E-state index < -0.39 is 0 Å². The molecular formula is C30H22BrN5O3. The molecule has 0 aliphatic carbocycles. The van der Waals surface area contributed by atoms with Crippen molar-refractivity contribution in [2.75, 3.05) is 12.1 Å². The Kier molecular flexibility index (Phi) is 6.50. The van der Waals surface area contributed by atoms with Gasteiger partial charge in [-0.25, -0.2) is 15.0 Å². The Labute approximate surface area is 232 Å². The number of rotatable bonds is 6. The van der Waals surface area contributed by atoms with Crippen molar-refractivity contribution in [2.45, 2.75) is 12.5 Å². The maximum atomic E-state index is 11.6. The molecule has 1 unspecified atom stereocenters. The third-order valence-corrected chi connectivity index (χ3v) is 7.19. The number of anilines is 1. The van der Waals surface area contributed by atoms with E-state index >= 15 is 0 Å². The van der Waals surface area contributed by atoms with Crippen LogP contribution < -0.4 is 9.75 Å². The van der Waals surface area contributed by atoms with E-state index in [1.165, 1.54) is 6.07 Å². The number of halogens is 1. The standard InChI is InChI=1S/C30H22BrN5O3/c1-39-24-13-10-19(11-14-24)27-18-28(21-8-5-9-23(16-21)36(37)38)35(34-27)30-32-26-15-12-22(31)17-25(26)29(33-30)20-6-3-2-4-7-20/h2-17,28H,18H2,1H3. The number of hydrazone groups is 1. The van der Waals surface area contributed by atoms with E-state index in [1.54, 1.807) is 24.3 Å². The molecule has 4 aromatic carbocycles. The van der Waals surface area contributed by atoms with Gasteiger partial charge in [0.15, 0.2) is 0 Å². The molecule has 0 spiro atoms. The van der Waals surface area contributed by atoms with Gasteiger partial charge in [0.2, 0.25) is 5.95 Å². The molecule has 6 rings (SSSR count). The van der Waals surface area contributed by atoms with Crippen LogP contribution >= 0.6 is 15.9 Å². The largest absolute Gasteiger partial charge is 0.497 e. The number of nitrogens with zero attached hydrogens (tertiary/aromatic N) is 5. The van der Waals surface area contributed by atoms with Crippen LogP contribution in [-0.4, -0.2) is 27.7 Å². The first-order valence-corrected chi connectivity index (χ1v) is 13.1. The van der Waals surface area contributed by atoms with Gasteiger partial charge in [-0.3, -0.25) is 10.1 Å². The van der Waals surface area contributed by atoms with Crippen LogP contribution in [0.3, 0.4) is 0 Å². The van der Waals surface area contributed by atoms with E-state index in [9.17, 15) is 10.1 Å². The Morgan fingerprint density at radius 2 is 1.72 bits per heavy atom. The molecule has 9 heteroatoms. The molecule has 8 nitrogen and oxygen atoms in total. The lowest BCUT2D eigenvalue weighted by molar-refractivity contribution is -0.384. The molecule has 1 aromatic heterocycles. The lowest BCUT2D eigenvalue weighted by atomic mass is 9.98. The second-order valence-electron chi connectivity index (χ2n) is 9.09. The highest BCUT2D eigenvalue weighted by Crippen LogP contribution is 2.39. The summed E-state index contributed by atoms with van der Waals surface area (Å²) in [5.41, 5.74) is 5.05. The van der Waals surface area contributed by atoms with Crippen LogP contribution in [0.5, 0.6) is 5.75 Å². The molecule has 0 saturated carbocycles. The second kappa shape index (κ2) is 10.3. The molecule has 1 aliphatic rings. The number of methoxy groups -OCH3 is 1. The van der Waals surface area contributed by atoms with E-state index in [0.717, 1.165) is 49.2 Å². The molecule has 1 aliphatic heterocycles. The van der Waals surface area contributed by atoms with Gasteiger partial charge in [-0.2, -0.15) is 5.10 Å². The molecule has 0 fully saturated rings. The van der Waals surface area contributed by atoms with Crippen LogP contribution in [0.1, 0.15) is 23.6 Å². The van der Waals surface area contributed by atoms with Gasteiger partial charge in [-0.1, -0.05) is 58.4 Å². The van der Waals surface area contributed by atoms with E-state index in [0.29, 0.717) is 12.4 Å². The number of ether oxygens (including phenoxy) is 1. The summed E-state index contributed by atoms with van der Waals surface area (Å²) in [6.45, 7) is 0. The van der Waals surface area contributed by atoms with Crippen molar-refractivity contribution < 1.29 is 9.66 Å². The Balaban J connectivity index is 1.53. The Hall–Kier alpha value is -4.63. The molecule has 2 heterocycles. The Bertz CT molecular complexity index is 1720. The summed E-state index contributed by atoms with van der Waals surface area (Å²) >= 11 is 3.57. The lowest BCUT2D eigenvalue weighted by Crippen LogP contribution is -2.21. The monoisotopic (exact) mass is 579 g/mol. The number of aromatic nitrogens is 2. The number of non-ortho nitro benzene ring substituents is 1. The summed E-state index contributed by atoms with van der Waals surface area (Å²) in [5.74, 6) is 1.17. The van der Waals surface area contributed by atoms with Gasteiger partial charge in [-0.15, -0.1) is 0 Å².